The molecule has 0 aliphatic carbocycles. The summed E-state index contributed by atoms with van der Waals surface area (Å²) in [6, 6.07) is 18.4. The van der Waals surface area contributed by atoms with E-state index < -0.39 is 0 Å². The number of pyridine rings is 1. The highest BCUT2D eigenvalue weighted by Gasteiger charge is 2.41. The van der Waals surface area contributed by atoms with Crippen LogP contribution in [-0.2, 0) is 4.74 Å². The molecule has 0 spiro atoms. The Kier molecular flexibility index (Phi) is 6.57. The molecule has 0 radical (unpaired) electrons. The first-order valence-electron chi connectivity index (χ1n) is 11.3. The Morgan fingerprint density at radius 1 is 1.09 bits per heavy atom. The first-order chi connectivity index (χ1) is 16.2. The van der Waals surface area contributed by atoms with Gasteiger partial charge in [-0.15, -0.1) is 0 Å². The lowest BCUT2D eigenvalue weighted by molar-refractivity contribution is 0.0349. The van der Waals surface area contributed by atoms with Crippen molar-refractivity contribution in [3.05, 3.63) is 78.4 Å². The Hall–Kier alpha value is -2.94. The van der Waals surface area contributed by atoms with E-state index in [0.29, 0.717) is 0 Å². The Labute approximate surface area is 199 Å². The molecule has 0 bridgehead atoms. The second kappa shape index (κ2) is 9.91. The zero-order valence-corrected chi connectivity index (χ0v) is 19.6. The second-order valence-corrected chi connectivity index (χ2v) is 8.67. The zero-order valence-electron chi connectivity index (χ0n) is 18.8. The molecule has 2 saturated heterocycles. The fourth-order valence-electron chi connectivity index (χ4n) is 4.67. The predicted octanol–water partition coefficient (Wildman–Crippen LogP) is 3.19. The smallest absolute Gasteiger partial charge is 0.170 e. The van der Waals surface area contributed by atoms with Crippen LogP contribution in [0, 0.1) is 0 Å². The maximum atomic E-state index is 5.85. The molecule has 0 unspecified atom stereocenters. The van der Waals surface area contributed by atoms with Gasteiger partial charge in [0.1, 0.15) is 5.75 Å². The van der Waals surface area contributed by atoms with Gasteiger partial charge in [0.15, 0.2) is 5.11 Å². The molecule has 2 fully saturated rings. The molecule has 0 saturated carbocycles. The summed E-state index contributed by atoms with van der Waals surface area (Å²) in [5.74, 6) is 0.831. The minimum absolute atomic E-state index is 0.00893. The minimum atomic E-state index is -0.0392. The van der Waals surface area contributed by atoms with Crippen LogP contribution in [0.3, 0.4) is 0 Å². The van der Waals surface area contributed by atoms with Gasteiger partial charge in [0.25, 0.3) is 0 Å². The van der Waals surface area contributed by atoms with Gasteiger partial charge >= 0.3 is 0 Å². The molecule has 0 amide bonds. The Morgan fingerprint density at radius 2 is 1.97 bits per heavy atom. The van der Waals surface area contributed by atoms with Crippen molar-refractivity contribution in [1.29, 1.82) is 0 Å². The van der Waals surface area contributed by atoms with Crippen molar-refractivity contribution in [1.82, 2.24) is 24.7 Å². The van der Waals surface area contributed by atoms with Crippen molar-refractivity contribution in [2.75, 3.05) is 46.5 Å². The second-order valence-electron chi connectivity index (χ2n) is 8.28. The normalized spacial score (nSPS) is 21.2. The van der Waals surface area contributed by atoms with Gasteiger partial charge < -0.3 is 24.3 Å². The van der Waals surface area contributed by atoms with Crippen LogP contribution >= 0.6 is 12.2 Å². The van der Waals surface area contributed by atoms with Crippen molar-refractivity contribution in [3.8, 4) is 11.4 Å². The van der Waals surface area contributed by atoms with Crippen molar-refractivity contribution >= 4 is 17.3 Å². The lowest BCUT2D eigenvalue weighted by Crippen LogP contribution is -2.42. The molecule has 1 aromatic carbocycles. The van der Waals surface area contributed by atoms with Crippen LogP contribution in [-0.4, -0.2) is 71.0 Å². The van der Waals surface area contributed by atoms with Gasteiger partial charge in [-0.1, -0.05) is 12.1 Å². The SMILES string of the molecule is COc1cccc(-n2cccc2[C@H]2[C@H](c3ccccn3)NC(=S)N2CCN2CCOCC2)c1. The van der Waals surface area contributed by atoms with E-state index in [0.717, 1.165) is 67.3 Å². The average Bonchev–Trinajstić information content (AvgIpc) is 3.48. The molecule has 7 nitrogen and oxygen atoms in total. The summed E-state index contributed by atoms with van der Waals surface area (Å²) in [6.07, 6.45) is 3.94. The van der Waals surface area contributed by atoms with E-state index in [1.807, 2.05) is 30.5 Å². The highest BCUT2D eigenvalue weighted by Crippen LogP contribution is 2.39. The number of rotatable bonds is 7. The summed E-state index contributed by atoms with van der Waals surface area (Å²) in [6.45, 7) is 5.29. The molecule has 2 aliphatic rings. The van der Waals surface area contributed by atoms with E-state index in [4.69, 9.17) is 21.7 Å². The topological polar surface area (TPSA) is 54.8 Å². The number of methoxy groups -OCH3 is 1. The third-order valence-electron chi connectivity index (χ3n) is 6.37. The van der Waals surface area contributed by atoms with Gasteiger partial charge in [0.05, 0.1) is 38.1 Å². The van der Waals surface area contributed by atoms with Crippen LogP contribution in [0.25, 0.3) is 5.69 Å². The van der Waals surface area contributed by atoms with E-state index >= 15 is 0 Å². The van der Waals surface area contributed by atoms with Gasteiger partial charge in [-0.25, -0.2) is 0 Å². The number of hydrogen-bond acceptors (Lipinski definition) is 5. The maximum absolute atomic E-state index is 5.85. The van der Waals surface area contributed by atoms with E-state index in [1.165, 1.54) is 0 Å². The summed E-state index contributed by atoms with van der Waals surface area (Å²) in [7, 11) is 1.69. The van der Waals surface area contributed by atoms with Crippen LogP contribution < -0.4 is 10.1 Å². The van der Waals surface area contributed by atoms with E-state index in [2.05, 4.69) is 61.2 Å². The quantitative estimate of drug-likeness (QED) is 0.540. The third-order valence-corrected chi connectivity index (χ3v) is 6.73. The summed E-state index contributed by atoms with van der Waals surface area (Å²) in [4.78, 5) is 9.42. The predicted molar refractivity (Wildman–Crippen MR) is 132 cm³/mol. The Balaban J connectivity index is 1.50. The first kappa shape index (κ1) is 21.9. The largest absolute Gasteiger partial charge is 0.497 e. The van der Waals surface area contributed by atoms with Crippen LogP contribution in [0.15, 0.2) is 67.0 Å². The zero-order chi connectivity index (χ0) is 22.6. The lowest BCUT2D eigenvalue weighted by Gasteiger charge is -2.32. The molecule has 2 aromatic heterocycles. The molecule has 5 rings (SSSR count). The fraction of sp³-hybridized carbons (Fsp3) is 0.360. The average molecular weight is 464 g/mol. The van der Waals surface area contributed by atoms with Crippen LogP contribution in [0.5, 0.6) is 5.75 Å². The molecule has 3 aromatic rings. The highest BCUT2D eigenvalue weighted by atomic mass is 32.1. The number of aromatic nitrogens is 2. The van der Waals surface area contributed by atoms with Gasteiger partial charge in [-0.05, 0) is 48.6 Å². The van der Waals surface area contributed by atoms with Crippen molar-refractivity contribution < 1.29 is 9.47 Å². The number of nitrogens with zero attached hydrogens (tertiary/aromatic N) is 4. The number of ether oxygens (including phenoxy) is 2. The Morgan fingerprint density at radius 3 is 2.76 bits per heavy atom. The fourth-order valence-corrected chi connectivity index (χ4v) is 5.00. The molecule has 2 aliphatic heterocycles. The molecule has 8 heteroatoms. The molecular formula is C25H29N5O2S. The highest BCUT2D eigenvalue weighted by molar-refractivity contribution is 7.80. The third kappa shape index (κ3) is 4.59. The molecule has 1 N–H and O–H groups in total. The molecule has 2 atom stereocenters. The summed E-state index contributed by atoms with van der Waals surface area (Å²) >= 11 is 5.85. The number of nitrogens with one attached hydrogen (secondary N) is 1. The molecule has 172 valence electrons. The van der Waals surface area contributed by atoms with Crippen molar-refractivity contribution in [3.63, 3.8) is 0 Å². The van der Waals surface area contributed by atoms with Crippen LogP contribution in [0.4, 0.5) is 0 Å². The molecular weight excluding hydrogens is 434 g/mol. The lowest BCUT2D eigenvalue weighted by atomic mass is 10.0. The molecule has 4 heterocycles. The van der Waals surface area contributed by atoms with Gasteiger partial charge in [-0.2, -0.15) is 0 Å². The van der Waals surface area contributed by atoms with Crippen molar-refractivity contribution in [2.24, 2.45) is 0 Å². The van der Waals surface area contributed by atoms with Crippen LogP contribution in [0.2, 0.25) is 0 Å². The minimum Gasteiger partial charge on any atom is -0.497 e. The van der Waals surface area contributed by atoms with Gasteiger partial charge in [-0.3, -0.25) is 9.88 Å². The number of thiocarbonyl (C=S) groups is 1. The number of morpholine rings is 1. The van der Waals surface area contributed by atoms with E-state index in [9.17, 15) is 0 Å². The number of benzene rings is 1. The molecule has 33 heavy (non-hydrogen) atoms. The monoisotopic (exact) mass is 463 g/mol. The van der Waals surface area contributed by atoms with Gasteiger partial charge in [0.2, 0.25) is 0 Å². The van der Waals surface area contributed by atoms with Gasteiger partial charge in [0, 0.05) is 56.0 Å². The number of hydrogen-bond donors (Lipinski definition) is 1. The van der Waals surface area contributed by atoms with Crippen molar-refractivity contribution in [2.45, 2.75) is 12.1 Å². The van der Waals surface area contributed by atoms with E-state index in [1.54, 1.807) is 7.11 Å². The van der Waals surface area contributed by atoms with E-state index in [-0.39, 0.29) is 12.1 Å². The summed E-state index contributed by atoms with van der Waals surface area (Å²) < 4.78 is 13.2. The van der Waals surface area contributed by atoms with Crippen LogP contribution in [0.1, 0.15) is 23.5 Å². The maximum Gasteiger partial charge on any atom is 0.170 e. The summed E-state index contributed by atoms with van der Waals surface area (Å²) in [5.41, 5.74) is 3.20. The first-order valence-corrected chi connectivity index (χ1v) is 11.8. The Bertz CT molecular complexity index is 1080. The summed E-state index contributed by atoms with van der Waals surface area (Å²) in [5, 5.41) is 4.33. The standard InChI is InChI=1S/C25H29N5O2S/c1-31-20-7-4-6-19(18-20)29-11-5-9-22(29)24-23(21-8-2-3-10-26-21)27-25(33)30(24)13-12-28-14-16-32-17-15-28/h2-11,18,23-24H,12-17H2,1H3,(H,27,33)/t23-,24-/m0/s1.